The van der Waals surface area contributed by atoms with Crippen LogP contribution >= 0.6 is 0 Å². The van der Waals surface area contributed by atoms with Crippen molar-refractivity contribution in [1.82, 2.24) is 5.32 Å². The second kappa shape index (κ2) is 4.97. The smallest absolute Gasteiger partial charge is 0.323 e. The van der Waals surface area contributed by atoms with Gasteiger partial charge in [-0.3, -0.25) is 10.1 Å². The number of hydrogen-bond acceptors (Lipinski definition) is 3. The van der Waals surface area contributed by atoms with E-state index in [9.17, 15) is 4.79 Å². The van der Waals surface area contributed by atoms with Gasteiger partial charge in [0.2, 0.25) is 0 Å². The van der Waals surface area contributed by atoms with Gasteiger partial charge in [-0.2, -0.15) is 0 Å². The number of rotatable bonds is 2. The minimum absolute atomic E-state index is 0.136. The Kier molecular flexibility index (Phi) is 3.68. The molecule has 1 aromatic rings. The van der Waals surface area contributed by atoms with Crippen LogP contribution < -0.4 is 5.32 Å². The molecule has 1 aromatic carbocycles. The van der Waals surface area contributed by atoms with Crippen molar-refractivity contribution in [1.29, 1.82) is 0 Å². The quantitative estimate of drug-likeness (QED) is 0.832. The highest BCUT2D eigenvalue weighted by molar-refractivity contribution is 5.76. The minimum atomic E-state index is -0.426. The molecule has 3 nitrogen and oxygen atoms in total. The molecule has 1 N–H and O–H groups in total. The largest absolute Gasteiger partial charge is 0.459 e. The molecule has 1 saturated heterocycles. The molecule has 0 aliphatic carbocycles. The first-order chi connectivity index (χ1) is 8.80. The highest BCUT2D eigenvalue weighted by Gasteiger charge is 2.40. The van der Waals surface area contributed by atoms with Crippen LogP contribution in [0.15, 0.2) is 30.3 Å². The van der Waals surface area contributed by atoms with Crippen LogP contribution in [0.25, 0.3) is 0 Å². The summed E-state index contributed by atoms with van der Waals surface area (Å²) in [6.45, 7) is 7.84. The van der Waals surface area contributed by atoms with Gasteiger partial charge in [0, 0.05) is 5.54 Å². The van der Waals surface area contributed by atoms with Gasteiger partial charge in [0.15, 0.2) is 0 Å². The average Bonchev–Trinajstić information content (AvgIpc) is 2.73. The van der Waals surface area contributed by atoms with E-state index in [0.29, 0.717) is 0 Å². The van der Waals surface area contributed by atoms with Crippen molar-refractivity contribution in [3.63, 3.8) is 0 Å². The summed E-state index contributed by atoms with van der Waals surface area (Å²) in [5.74, 6) is -0.146. The zero-order valence-electron chi connectivity index (χ0n) is 12.2. The molecule has 0 spiro atoms. The molecule has 2 rings (SSSR count). The molecule has 1 aliphatic heterocycles. The van der Waals surface area contributed by atoms with E-state index >= 15 is 0 Å². The Morgan fingerprint density at radius 3 is 2.53 bits per heavy atom. The van der Waals surface area contributed by atoms with E-state index in [4.69, 9.17) is 4.74 Å². The first kappa shape index (κ1) is 14.1. The summed E-state index contributed by atoms with van der Waals surface area (Å²) >= 11 is 0. The summed E-state index contributed by atoms with van der Waals surface area (Å²) < 4.78 is 5.45. The lowest BCUT2D eigenvalue weighted by Crippen LogP contribution is -2.44. The Labute approximate surface area is 115 Å². The van der Waals surface area contributed by atoms with Crippen LogP contribution in [-0.4, -0.2) is 17.6 Å². The second-order valence-electron chi connectivity index (χ2n) is 6.47. The van der Waals surface area contributed by atoms with E-state index in [2.05, 4.69) is 24.4 Å². The highest BCUT2D eigenvalue weighted by Crippen LogP contribution is 2.33. The van der Waals surface area contributed by atoms with Crippen LogP contribution in [-0.2, 0) is 15.1 Å². The first-order valence-electron chi connectivity index (χ1n) is 6.86. The molecule has 2 unspecified atom stereocenters. The molecule has 0 saturated carbocycles. The number of benzene rings is 1. The Bertz CT molecular complexity index is 450. The average molecular weight is 261 g/mol. The van der Waals surface area contributed by atoms with E-state index in [1.54, 1.807) is 0 Å². The number of ether oxygens (including phenoxy) is 1. The van der Waals surface area contributed by atoms with Crippen molar-refractivity contribution in [3.05, 3.63) is 35.9 Å². The van der Waals surface area contributed by atoms with Crippen molar-refractivity contribution in [3.8, 4) is 0 Å². The SMILES string of the molecule is CC(C)(C)OC(=O)C1CCC(C)(c2ccccc2)N1. The maximum Gasteiger partial charge on any atom is 0.323 e. The summed E-state index contributed by atoms with van der Waals surface area (Å²) in [4.78, 5) is 12.1. The molecule has 0 radical (unpaired) electrons. The Morgan fingerprint density at radius 2 is 1.95 bits per heavy atom. The summed E-state index contributed by atoms with van der Waals surface area (Å²) in [5.41, 5.74) is 0.661. The predicted molar refractivity (Wildman–Crippen MR) is 75.8 cm³/mol. The third-order valence-electron chi connectivity index (χ3n) is 3.53. The number of carbonyl (C=O) groups is 1. The van der Waals surface area contributed by atoms with E-state index in [-0.39, 0.29) is 17.6 Å². The lowest BCUT2D eigenvalue weighted by molar-refractivity contribution is -0.157. The summed E-state index contributed by atoms with van der Waals surface area (Å²) in [6, 6.07) is 10.1. The summed E-state index contributed by atoms with van der Waals surface area (Å²) in [7, 11) is 0. The van der Waals surface area contributed by atoms with Crippen LogP contribution in [0.1, 0.15) is 46.1 Å². The van der Waals surface area contributed by atoms with E-state index in [1.165, 1.54) is 5.56 Å². The van der Waals surface area contributed by atoms with Gasteiger partial charge in [-0.25, -0.2) is 0 Å². The maximum atomic E-state index is 12.1. The third-order valence-corrected chi connectivity index (χ3v) is 3.53. The Balaban J connectivity index is 2.06. The lowest BCUT2D eigenvalue weighted by atomic mass is 9.91. The zero-order valence-corrected chi connectivity index (χ0v) is 12.2. The molecule has 3 heteroatoms. The molecule has 1 fully saturated rings. The lowest BCUT2D eigenvalue weighted by Gasteiger charge is -2.27. The van der Waals surface area contributed by atoms with E-state index in [0.717, 1.165) is 12.8 Å². The predicted octanol–water partition coefficient (Wildman–Crippen LogP) is 3.00. The van der Waals surface area contributed by atoms with Gasteiger partial charge in [0.1, 0.15) is 11.6 Å². The molecule has 0 aromatic heterocycles. The Hall–Kier alpha value is -1.35. The van der Waals surface area contributed by atoms with Crippen molar-refractivity contribution in [2.24, 2.45) is 0 Å². The number of nitrogens with one attached hydrogen (secondary N) is 1. The fraction of sp³-hybridized carbons (Fsp3) is 0.562. The van der Waals surface area contributed by atoms with Gasteiger partial charge < -0.3 is 4.74 Å². The Morgan fingerprint density at radius 1 is 1.32 bits per heavy atom. The fourth-order valence-corrected chi connectivity index (χ4v) is 2.55. The van der Waals surface area contributed by atoms with E-state index in [1.807, 2.05) is 39.0 Å². The summed E-state index contributed by atoms with van der Waals surface area (Å²) in [5, 5.41) is 3.43. The molecule has 0 amide bonds. The van der Waals surface area contributed by atoms with Gasteiger partial charge in [0.05, 0.1) is 0 Å². The van der Waals surface area contributed by atoms with E-state index < -0.39 is 5.60 Å². The van der Waals surface area contributed by atoms with Crippen molar-refractivity contribution in [2.45, 2.75) is 57.7 Å². The van der Waals surface area contributed by atoms with Crippen molar-refractivity contribution >= 4 is 5.97 Å². The molecule has 1 heterocycles. The molecule has 2 atom stereocenters. The standard InChI is InChI=1S/C16H23NO2/c1-15(2,3)19-14(18)13-10-11-16(4,17-13)12-8-6-5-7-9-12/h5-9,13,17H,10-11H2,1-4H3. The van der Waals surface area contributed by atoms with Gasteiger partial charge in [0.25, 0.3) is 0 Å². The minimum Gasteiger partial charge on any atom is -0.459 e. The monoisotopic (exact) mass is 261 g/mol. The van der Waals surface area contributed by atoms with Gasteiger partial charge in [-0.15, -0.1) is 0 Å². The molecule has 1 aliphatic rings. The molecule has 104 valence electrons. The van der Waals surface area contributed by atoms with Crippen molar-refractivity contribution < 1.29 is 9.53 Å². The molecular formula is C16H23NO2. The highest BCUT2D eigenvalue weighted by atomic mass is 16.6. The fourth-order valence-electron chi connectivity index (χ4n) is 2.55. The van der Waals surface area contributed by atoms with Crippen LogP contribution in [0.4, 0.5) is 0 Å². The number of esters is 1. The molecule has 0 bridgehead atoms. The van der Waals surface area contributed by atoms with Gasteiger partial charge >= 0.3 is 5.97 Å². The van der Waals surface area contributed by atoms with Gasteiger partial charge in [-0.05, 0) is 46.1 Å². The number of hydrogen-bond donors (Lipinski definition) is 1. The topological polar surface area (TPSA) is 38.3 Å². The van der Waals surface area contributed by atoms with Crippen LogP contribution in [0.5, 0.6) is 0 Å². The zero-order chi connectivity index (χ0) is 14.1. The summed E-state index contributed by atoms with van der Waals surface area (Å²) in [6.07, 6.45) is 1.77. The third kappa shape index (κ3) is 3.35. The number of carbonyl (C=O) groups excluding carboxylic acids is 1. The second-order valence-corrected chi connectivity index (χ2v) is 6.47. The van der Waals surface area contributed by atoms with Crippen LogP contribution in [0, 0.1) is 0 Å². The normalized spacial score (nSPS) is 27.3. The molecule has 19 heavy (non-hydrogen) atoms. The first-order valence-corrected chi connectivity index (χ1v) is 6.86. The van der Waals surface area contributed by atoms with Crippen molar-refractivity contribution in [2.75, 3.05) is 0 Å². The maximum absolute atomic E-state index is 12.1. The van der Waals surface area contributed by atoms with Gasteiger partial charge in [-0.1, -0.05) is 30.3 Å². The van der Waals surface area contributed by atoms with Crippen LogP contribution in [0.3, 0.4) is 0 Å². The molecular weight excluding hydrogens is 238 g/mol. The van der Waals surface area contributed by atoms with Crippen LogP contribution in [0.2, 0.25) is 0 Å².